The summed E-state index contributed by atoms with van der Waals surface area (Å²) in [6.07, 6.45) is 10.2. The molecular weight excluding hydrogens is 302 g/mol. The van der Waals surface area contributed by atoms with Gasteiger partial charge in [0.25, 0.3) is 5.91 Å². The Hall–Kier alpha value is -2.50. The van der Waals surface area contributed by atoms with Crippen LogP contribution in [0, 0.1) is 5.41 Å². The summed E-state index contributed by atoms with van der Waals surface area (Å²) in [5.74, 6) is 0.890. The van der Waals surface area contributed by atoms with Crippen LogP contribution in [0.2, 0.25) is 0 Å². The molecule has 0 aromatic carbocycles. The molecule has 1 atom stereocenters. The molecule has 0 saturated carbocycles. The minimum atomic E-state index is 0.0908. The molecule has 0 radical (unpaired) electrons. The largest absolute Gasteiger partial charge is 0.340 e. The van der Waals surface area contributed by atoms with E-state index in [0.29, 0.717) is 5.56 Å². The van der Waals surface area contributed by atoms with E-state index in [1.54, 1.807) is 24.8 Å². The van der Waals surface area contributed by atoms with Crippen molar-refractivity contribution in [1.82, 2.24) is 19.9 Å². The minimum Gasteiger partial charge on any atom is -0.340 e. The molecule has 2 aromatic rings. The van der Waals surface area contributed by atoms with Gasteiger partial charge in [0.1, 0.15) is 0 Å². The SMILES string of the molecule is O=C(c1cccnc1)N1CC[C@]2(CCCN(c3ncccn3)C2)C1. The first kappa shape index (κ1) is 15.1. The molecule has 2 aliphatic rings. The Bertz CT molecular complexity index is 708. The quantitative estimate of drug-likeness (QED) is 0.846. The second-order valence-electron chi connectivity index (χ2n) is 6.79. The molecule has 0 aliphatic carbocycles. The molecule has 1 amide bonds. The van der Waals surface area contributed by atoms with Gasteiger partial charge in [0.15, 0.2) is 0 Å². The van der Waals surface area contributed by atoms with Gasteiger partial charge in [-0.25, -0.2) is 9.97 Å². The van der Waals surface area contributed by atoms with E-state index in [1.807, 2.05) is 23.1 Å². The number of carbonyl (C=O) groups is 1. The lowest BCUT2D eigenvalue weighted by atomic mass is 9.79. The molecule has 24 heavy (non-hydrogen) atoms. The fourth-order valence-corrected chi connectivity index (χ4v) is 3.95. The first-order valence-corrected chi connectivity index (χ1v) is 8.47. The van der Waals surface area contributed by atoms with Gasteiger partial charge in [0.2, 0.25) is 5.95 Å². The van der Waals surface area contributed by atoms with Crippen LogP contribution in [0.5, 0.6) is 0 Å². The minimum absolute atomic E-state index is 0.0908. The summed E-state index contributed by atoms with van der Waals surface area (Å²) in [4.78, 5) is 29.7. The van der Waals surface area contributed by atoms with Crippen LogP contribution in [0.25, 0.3) is 0 Å². The van der Waals surface area contributed by atoms with Gasteiger partial charge in [-0.05, 0) is 37.5 Å². The number of aromatic nitrogens is 3. The van der Waals surface area contributed by atoms with E-state index < -0.39 is 0 Å². The van der Waals surface area contributed by atoms with Gasteiger partial charge in [-0.2, -0.15) is 0 Å². The molecule has 2 aliphatic heterocycles. The predicted octanol–water partition coefficient (Wildman–Crippen LogP) is 2.00. The van der Waals surface area contributed by atoms with Gasteiger partial charge in [0, 0.05) is 56.4 Å². The zero-order valence-corrected chi connectivity index (χ0v) is 13.6. The molecule has 4 rings (SSSR count). The van der Waals surface area contributed by atoms with Gasteiger partial charge in [-0.1, -0.05) is 0 Å². The zero-order valence-electron chi connectivity index (χ0n) is 13.6. The Kier molecular flexibility index (Phi) is 3.88. The van der Waals surface area contributed by atoms with Crippen LogP contribution in [-0.4, -0.2) is 51.9 Å². The van der Waals surface area contributed by atoms with E-state index in [0.717, 1.165) is 51.4 Å². The third kappa shape index (κ3) is 2.84. The van der Waals surface area contributed by atoms with Gasteiger partial charge in [-0.3, -0.25) is 9.78 Å². The molecule has 0 N–H and O–H groups in total. The Labute approximate surface area is 141 Å². The van der Waals surface area contributed by atoms with E-state index in [4.69, 9.17) is 0 Å². The fourth-order valence-electron chi connectivity index (χ4n) is 3.95. The molecule has 2 fully saturated rings. The number of carbonyl (C=O) groups excluding carboxylic acids is 1. The summed E-state index contributed by atoms with van der Waals surface area (Å²) >= 11 is 0. The molecule has 1 spiro atoms. The van der Waals surface area contributed by atoms with Crippen molar-refractivity contribution in [2.24, 2.45) is 5.41 Å². The standard InChI is InChI=1S/C18H21N5O/c24-16(15-4-1-7-19-12-15)22-11-6-18(13-22)5-2-10-23(14-18)17-20-8-3-9-21-17/h1,3-4,7-9,12H,2,5-6,10-11,13-14H2/t18-/m1/s1. The first-order chi connectivity index (χ1) is 11.8. The average molecular weight is 323 g/mol. The van der Waals surface area contributed by atoms with Crippen LogP contribution in [0.1, 0.15) is 29.6 Å². The molecule has 2 aromatic heterocycles. The second-order valence-corrected chi connectivity index (χ2v) is 6.79. The monoisotopic (exact) mass is 323 g/mol. The highest BCUT2D eigenvalue weighted by atomic mass is 16.2. The Morgan fingerprint density at radius 1 is 1.04 bits per heavy atom. The average Bonchev–Trinajstić information content (AvgIpc) is 3.06. The van der Waals surface area contributed by atoms with Crippen molar-refractivity contribution in [3.8, 4) is 0 Å². The van der Waals surface area contributed by atoms with Crippen molar-refractivity contribution in [2.45, 2.75) is 19.3 Å². The summed E-state index contributed by atoms with van der Waals surface area (Å²) < 4.78 is 0. The van der Waals surface area contributed by atoms with Crippen molar-refractivity contribution in [3.63, 3.8) is 0 Å². The van der Waals surface area contributed by atoms with E-state index in [1.165, 1.54) is 0 Å². The number of hydrogen-bond acceptors (Lipinski definition) is 5. The lowest BCUT2D eigenvalue weighted by Crippen LogP contribution is -2.46. The van der Waals surface area contributed by atoms with Crippen LogP contribution in [0.15, 0.2) is 43.0 Å². The highest BCUT2D eigenvalue weighted by Crippen LogP contribution is 2.40. The van der Waals surface area contributed by atoms with Crippen LogP contribution in [0.3, 0.4) is 0 Å². The molecular formula is C18H21N5O. The van der Waals surface area contributed by atoms with E-state index in [9.17, 15) is 4.79 Å². The van der Waals surface area contributed by atoms with Crippen LogP contribution < -0.4 is 4.90 Å². The summed E-state index contributed by atoms with van der Waals surface area (Å²) in [5.41, 5.74) is 0.837. The maximum Gasteiger partial charge on any atom is 0.255 e. The van der Waals surface area contributed by atoms with Gasteiger partial charge in [0.05, 0.1) is 5.56 Å². The Balaban J connectivity index is 1.48. The van der Waals surface area contributed by atoms with Crippen molar-refractivity contribution >= 4 is 11.9 Å². The molecule has 2 saturated heterocycles. The topological polar surface area (TPSA) is 62.2 Å². The Morgan fingerprint density at radius 3 is 2.71 bits per heavy atom. The highest BCUT2D eigenvalue weighted by molar-refractivity contribution is 5.94. The zero-order chi connectivity index (χ0) is 16.4. The first-order valence-electron chi connectivity index (χ1n) is 8.47. The number of pyridine rings is 1. The summed E-state index contributed by atoms with van der Waals surface area (Å²) in [5, 5.41) is 0. The number of piperidine rings is 1. The van der Waals surface area contributed by atoms with Crippen molar-refractivity contribution in [3.05, 3.63) is 48.5 Å². The molecule has 6 nitrogen and oxygen atoms in total. The maximum atomic E-state index is 12.7. The van der Waals surface area contributed by atoms with Crippen molar-refractivity contribution in [2.75, 3.05) is 31.1 Å². The van der Waals surface area contributed by atoms with E-state index in [2.05, 4.69) is 19.9 Å². The number of rotatable bonds is 2. The smallest absolute Gasteiger partial charge is 0.255 e. The summed E-state index contributed by atoms with van der Waals surface area (Å²) in [6, 6.07) is 5.49. The molecule has 4 heterocycles. The lowest BCUT2D eigenvalue weighted by Gasteiger charge is -2.40. The van der Waals surface area contributed by atoms with Crippen molar-refractivity contribution < 1.29 is 4.79 Å². The fraction of sp³-hybridized carbons (Fsp3) is 0.444. The third-order valence-electron chi connectivity index (χ3n) is 5.13. The van der Waals surface area contributed by atoms with Crippen LogP contribution in [0.4, 0.5) is 5.95 Å². The number of likely N-dealkylation sites (tertiary alicyclic amines) is 1. The van der Waals surface area contributed by atoms with E-state index >= 15 is 0 Å². The number of anilines is 1. The van der Waals surface area contributed by atoms with Crippen LogP contribution >= 0.6 is 0 Å². The molecule has 124 valence electrons. The predicted molar refractivity (Wildman–Crippen MR) is 90.7 cm³/mol. The van der Waals surface area contributed by atoms with Crippen LogP contribution in [-0.2, 0) is 0 Å². The number of hydrogen-bond donors (Lipinski definition) is 0. The lowest BCUT2D eigenvalue weighted by molar-refractivity contribution is 0.0767. The molecule has 0 unspecified atom stereocenters. The second kappa shape index (κ2) is 6.19. The highest BCUT2D eigenvalue weighted by Gasteiger charge is 2.43. The Morgan fingerprint density at radius 2 is 1.92 bits per heavy atom. The normalized spacial score (nSPS) is 23.7. The van der Waals surface area contributed by atoms with Crippen molar-refractivity contribution in [1.29, 1.82) is 0 Å². The summed E-state index contributed by atoms with van der Waals surface area (Å²) in [6.45, 7) is 3.54. The van der Waals surface area contributed by atoms with Gasteiger partial charge in [-0.15, -0.1) is 0 Å². The number of amides is 1. The van der Waals surface area contributed by atoms with E-state index in [-0.39, 0.29) is 11.3 Å². The maximum absolute atomic E-state index is 12.7. The molecule has 6 heteroatoms. The summed E-state index contributed by atoms with van der Waals surface area (Å²) in [7, 11) is 0. The number of nitrogens with zero attached hydrogens (tertiary/aromatic N) is 5. The third-order valence-corrected chi connectivity index (χ3v) is 5.13. The van der Waals surface area contributed by atoms with Gasteiger partial charge >= 0.3 is 0 Å². The van der Waals surface area contributed by atoms with Gasteiger partial charge < -0.3 is 9.80 Å². The molecule has 0 bridgehead atoms.